The van der Waals surface area contributed by atoms with Gasteiger partial charge in [-0.2, -0.15) is 0 Å². The smallest absolute Gasteiger partial charge is 0.142 e. The van der Waals surface area contributed by atoms with Crippen molar-refractivity contribution in [3.63, 3.8) is 0 Å². The van der Waals surface area contributed by atoms with Crippen LogP contribution in [-0.4, -0.2) is 51.0 Å². The highest BCUT2D eigenvalue weighted by atomic mass is 15.3. The third kappa shape index (κ3) is 3.82. The lowest BCUT2D eigenvalue weighted by Crippen LogP contribution is -2.34. The zero-order valence-corrected chi connectivity index (χ0v) is 14.1. The predicted molar refractivity (Wildman–Crippen MR) is 90.2 cm³/mol. The number of hydrogen-bond donors (Lipinski definition) is 0. The van der Waals surface area contributed by atoms with Gasteiger partial charge in [-0.3, -0.25) is 4.90 Å². The topological polar surface area (TPSA) is 58.0 Å². The minimum absolute atomic E-state index is 0.353. The van der Waals surface area contributed by atoms with Crippen LogP contribution in [0.25, 0.3) is 0 Å². The average molecular weight is 312 g/mol. The molecule has 6 nitrogen and oxygen atoms in total. The summed E-state index contributed by atoms with van der Waals surface area (Å²) in [6.07, 6.45) is 6.59. The van der Waals surface area contributed by atoms with Crippen LogP contribution in [0.1, 0.15) is 37.8 Å². The van der Waals surface area contributed by atoms with Crippen molar-refractivity contribution in [1.82, 2.24) is 24.8 Å². The Kier molecular flexibility index (Phi) is 4.81. The zero-order chi connectivity index (χ0) is 16.2. The van der Waals surface area contributed by atoms with Gasteiger partial charge in [0.2, 0.25) is 0 Å². The van der Waals surface area contributed by atoms with Crippen LogP contribution < -0.4 is 4.90 Å². The molecule has 0 radical (unpaired) electrons. The zero-order valence-electron chi connectivity index (χ0n) is 14.1. The molecule has 0 aromatic carbocycles. The summed E-state index contributed by atoms with van der Waals surface area (Å²) in [5.74, 6) is 3.18. The van der Waals surface area contributed by atoms with Crippen LogP contribution in [0, 0.1) is 0 Å². The van der Waals surface area contributed by atoms with Crippen molar-refractivity contribution < 1.29 is 0 Å². The Morgan fingerprint density at radius 2 is 2.00 bits per heavy atom. The lowest BCUT2D eigenvalue weighted by Gasteiger charge is -2.24. The summed E-state index contributed by atoms with van der Waals surface area (Å²) in [6.45, 7) is 7.04. The maximum atomic E-state index is 4.70. The molecule has 0 saturated carbocycles. The van der Waals surface area contributed by atoms with Crippen LogP contribution in [0.5, 0.6) is 0 Å². The largest absolute Gasteiger partial charge is 0.355 e. The summed E-state index contributed by atoms with van der Waals surface area (Å²) in [4.78, 5) is 22.4. The van der Waals surface area contributed by atoms with Crippen molar-refractivity contribution in [1.29, 1.82) is 0 Å². The fraction of sp³-hybridized carbons (Fsp3) is 0.529. The molecular formula is C17H24N6. The van der Waals surface area contributed by atoms with Crippen LogP contribution in [-0.2, 0) is 6.54 Å². The highest BCUT2D eigenvalue weighted by Crippen LogP contribution is 2.22. The van der Waals surface area contributed by atoms with Gasteiger partial charge in [-0.25, -0.2) is 19.9 Å². The molecule has 1 saturated heterocycles. The Balaban J connectivity index is 1.63. The molecule has 0 unspecified atom stereocenters. The van der Waals surface area contributed by atoms with Gasteiger partial charge >= 0.3 is 0 Å². The van der Waals surface area contributed by atoms with Gasteiger partial charge in [-0.1, -0.05) is 13.8 Å². The molecule has 3 heterocycles. The molecule has 3 rings (SSSR count). The van der Waals surface area contributed by atoms with E-state index in [2.05, 4.69) is 45.6 Å². The van der Waals surface area contributed by atoms with E-state index in [0.29, 0.717) is 12.0 Å². The van der Waals surface area contributed by atoms with E-state index in [1.165, 1.54) is 0 Å². The molecule has 0 N–H and O–H groups in total. The van der Waals surface area contributed by atoms with E-state index in [9.17, 15) is 0 Å². The minimum atomic E-state index is 0.353. The lowest BCUT2D eigenvalue weighted by atomic mass is 10.2. The summed E-state index contributed by atoms with van der Waals surface area (Å²) in [5.41, 5.74) is 0. The van der Waals surface area contributed by atoms with Gasteiger partial charge in [0.25, 0.3) is 0 Å². The maximum absolute atomic E-state index is 4.70. The summed E-state index contributed by atoms with van der Waals surface area (Å²) in [6, 6.07) is 4.35. The first-order valence-corrected chi connectivity index (χ1v) is 8.17. The van der Waals surface area contributed by atoms with Crippen LogP contribution >= 0.6 is 0 Å². The third-order valence-corrected chi connectivity index (χ3v) is 4.30. The van der Waals surface area contributed by atoms with Crippen LogP contribution in [0.4, 0.5) is 5.82 Å². The van der Waals surface area contributed by atoms with E-state index in [1.807, 2.05) is 18.3 Å². The number of anilines is 1. The van der Waals surface area contributed by atoms with E-state index in [0.717, 1.165) is 43.5 Å². The van der Waals surface area contributed by atoms with Gasteiger partial charge < -0.3 is 4.90 Å². The average Bonchev–Trinajstić information content (AvgIpc) is 3.06. The third-order valence-electron chi connectivity index (χ3n) is 4.30. The van der Waals surface area contributed by atoms with Crippen LogP contribution in [0.15, 0.2) is 30.7 Å². The number of aromatic nitrogens is 4. The highest BCUT2D eigenvalue weighted by molar-refractivity contribution is 5.39. The van der Waals surface area contributed by atoms with Crippen molar-refractivity contribution in [2.24, 2.45) is 0 Å². The second kappa shape index (κ2) is 7.00. The number of rotatable bonds is 5. The maximum Gasteiger partial charge on any atom is 0.142 e. The normalized spacial score (nSPS) is 18.1. The summed E-state index contributed by atoms with van der Waals surface area (Å²) in [7, 11) is 2.14. The van der Waals surface area contributed by atoms with E-state index in [1.54, 1.807) is 12.4 Å². The Morgan fingerprint density at radius 3 is 2.74 bits per heavy atom. The number of hydrogen-bond acceptors (Lipinski definition) is 6. The molecule has 23 heavy (non-hydrogen) atoms. The van der Waals surface area contributed by atoms with Gasteiger partial charge in [0.05, 0.1) is 6.54 Å². The van der Waals surface area contributed by atoms with Crippen molar-refractivity contribution in [2.75, 3.05) is 25.0 Å². The fourth-order valence-electron chi connectivity index (χ4n) is 2.89. The Hall–Kier alpha value is -2.08. The Labute approximate surface area is 137 Å². The summed E-state index contributed by atoms with van der Waals surface area (Å²) < 4.78 is 0. The van der Waals surface area contributed by atoms with Gasteiger partial charge in [0.15, 0.2) is 0 Å². The number of likely N-dealkylation sites (N-methyl/N-ethyl adjacent to an activating group) is 1. The molecule has 122 valence electrons. The van der Waals surface area contributed by atoms with Crippen LogP contribution in [0.2, 0.25) is 0 Å². The molecule has 1 aliphatic heterocycles. The van der Waals surface area contributed by atoms with Crippen molar-refractivity contribution in [3.05, 3.63) is 42.4 Å². The first-order chi connectivity index (χ1) is 11.1. The molecule has 1 atom stereocenters. The minimum Gasteiger partial charge on any atom is -0.355 e. The van der Waals surface area contributed by atoms with Crippen molar-refractivity contribution in [3.8, 4) is 0 Å². The number of nitrogens with zero attached hydrogens (tertiary/aromatic N) is 6. The SMILES string of the molecule is CC(C)c1nccc(N2CC[C@@H](N(C)Cc3ncccn3)C2)n1. The predicted octanol–water partition coefficient (Wildman–Crippen LogP) is 2.10. The Morgan fingerprint density at radius 1 is 1.22 bits per heavy atom. The Bertz CT molecular complexity index is 630. The van der Waals surface area contributed by atoms with Gasteiger partial charge in [-0.05, 0) is 25.6 Å². The van der Waals surface area contributed by atoms with Crippen LogP contribution in [0.3, 0.4) is 0 Å². The van der Waals surface area contributed by atoms with E-state index in [-0.39, 0.29) is 0 Å². The standard InChI is InChI=1S/C17H24N6/c1-13(2)17-20-9-5-16(21-17)23-10-6-14(11-23)22(3)12-15-18-7-4-8-19-15/h4-5,7-9,13-14H,6,10-12H2,1-3H3/t14-/m1/s1. The molecule has 0 aliphatic carbocycles. The summed E-state index contributed by atoms with van der Waals surface area (Å²) in [5, 5.41) is 0. The molecule has 0 spiro atoms. The molecule has 2 aromatic rings. The van der Waals surface area contributed by atoms with Gasteiger partial charge in [0, 0.05) is 43.6 Å². The fourth-order valence-corrected chi connectivity index (χ4v) is 2.89. The first kappa shape index (κ1) is 15.8. The van der Waals surface area contributed by atoms with Gasteiger partial charge in [-0.15, -0.1) is 0 Å². The molecule has 0 bridgehead atoms. The molecule has 0 amide bonds. The second-order valence-electron chi connectivity index (χ2n) is 6.40. The molecule has 1 fully saturated rings. The lowest BCUT2D eigenvalue weighted by molar-refractivity contribution is 0.244. The van der Waals surface area contributed by atoms with Gasteiger partial charge in [0.1, 0.15) is 17.5 Å². The molecule has 2 aromatic heterocycles. The quantitative estimate of drug-likeness (QED) is 0.843. The van der Waals surface area contributed by atoms with E-state index < -0.39 is 0 Å². The first-order valence-electron chi connectivity index (χ1n) is 8.17. The summed E-state index contributed by atoms with van der Waals surface area (Å²) >= 11 is 0. The second-order valence-corrected chi connectivity index (χ2v) is 6.40. The molecule has 1 aliphatic rings. The van der Waals surface area contributed by atoms with E-state index in [4.69, 9.17) is 4.98 Å². The van der Waals surface area contributed by atoms with Crippen molar-refractivity contribution >= 4 is 5.82 Å². The molecular weight excluding hydrogens is 288 g/mol. The van der Waals surface area contributed by atoms with E-state index >= 15 is 0 Å². The highest BCUT2D eigenvalue weighted by Gasteiger charge is 2.27. The monoisotopic (exact) mass is 312 g/mol. The van der Waals surface area contributed by atoms with Crippen molar-refractivity contribution in [2.45, 2.75) is 38.8 Å². The molecule has 6 heteroatoms.